The van der Waals surface area contributed by atoms with E-state index >= 15 is 0 Å². The maximum absolute atomic E-state index is 8.24. The van der Waals surface area contributed by atoms with E-state index in [1.165, 1.54) is 12.7 Å². The maximum Gasteiger partial charge on any atom is 0.162 e. The van der Waals surface area contributed by atoms with E-state index in [1.807, 2.05) is 78.9 Å². The van der Waals surface area contributed by atoms with Gasteiger partial charge in [0.2, 0.25) is 0 Å². The molecule has 5 aromatic carbocycles. The summed E-state index contributed by atoms with van der Waals surface area (Å²) in [6, 6.07) is 41.4. The van der Waals surface area contributed by atoms with Crippen LogP contribution >= 0.6 is 0 Å². The molecule has 0 spiro atoms. The fourth-order valence-electron chi connectivity index (χ4n) is 6.88. The van der Waals surface area contributed by atoms with Crippen LogP contribution in [0.5, 0.6) is 23.0 Å². The minimum absolute atomic E-state index is 0.375. The zero-order valence-electron chi connectivity index (χ0n) is 29.4. The second kappa shape index (κ2) is 12.2. The molecule has 0 amide bonds. The molecule has 0 aliphatic carbocycles. The van der Waals surface area contributed by atoms with Gasteiger partial charge in [0.25, 0.3) is 0 Å². The molecule has 9 nitrogen and oxygen atoms in total. The fraction of sp³-hybridized carbons (Fsp3) is 0. The quantitative estimate of drug-likeness (QED) is 0.166. The second-order valence-corrected chi connectivity index (χ2v) is 12.2. The molecule has 0 bridgehead atoms. The fourth-order valence-corrected chi connectivity index (χ4v) is 6.88. The third-order valence-corrected chi connectivity index (χ3v) is 9.03. The molecule has 246 valence electrons. The summed E-state index contributed by atoms with van der Waals surface area (Å²) in [6.07, 6.45) is 6.21. The summed E-state index contributed by atoms with van der Waals surface area (Å²) < 4.78 is 33.8. The monoisotopic (exact) mass is 675 g/mol. The molecule has 5 aromatic heterocycles. The molecule has 0 N–H and O–H groups in total. The lowest BCUT2D eigenvalue weighted by Crippen LogP contribution is -1.97. The predicted molar refractivity (Wildman–Crippen MR) is 203 cm³/mol. The number of benzene rings is 5. The summed E-state index contributed by atoms with van der Waals surface area (Å²) in [5.41, 5.74) is 4.43. The van der Waals surface area contributed by atoms with Gasteiger partial charge in [-0.25, -0.2) is 24.9 Å². The molecular formula is C43H27N7O2. The summed E-state index contributed by atoms with van der Waals surface area (Å²) in [5.74, 6) is 4.00. The van der Waals surface area contributed by atoms with Crippen molar-refractivity contribution in [1.82, 2.24) is 34.1 Å². The minimum Gasteiger partial charge on any atom is -0.457 e. The van der Waals surface area contributed by atoms with Gasteiger partial charge in [0.05, 0.1) is 24.8 Å². The van der Waals surface area contributed by atoms with Crippen molar-refractivity contribution in [3.63, 3.8) is 0 Å². The molecule has 5 heterocycles. The number of pyridine rings is 2. The van der Waals surface area contributed by atoms with Crippen LogP contribution in [0.3, 0.4) is 0 Å². The van der Waals surface area contributed by atoms with Gasteiger partial charge in [0.15, 0.2) is 5.82 Å². The van der Waals surface area contributed by atoms with Crippen LogP contribution < -0.4 is 9.47 Å². The van der Waals surface area contributed by atoms with E-state index in [-0.39, 0.29) is 0 Å². The summed E-state index contributed by atoms with van der Waals surface area (Å²) >= 11 is 0. The molecule has 0 aliphatic heterocycles. The maximum atomic E-state index is 8.24. The number of rotatable bonds is 7. The lowest BCUT2D eigenvalue weighted by atomic mass is 10.1. The average molecular weight is 676 g/mol. The highest BCUT2D eigenvalue weighted by Gasteiger charge is 2.17. The Morgan fingerprint density at radius 1 is 0.442 bits per heavy atom. The highest BCUT2D eigenvalue weighted by Crippen LogP contribution is 2.39. The predicted octanol–water partition coefficient (Wildman–Crippen LogP) is 10.1. The van der Waals surface area contributed by atoms with E-state index in [9.17, 15) is 0 Å². The molecule has 0 saturated carbocycles. The Morgan fingerprint density at radius 2 is 0.942 bits per heavy atom. The van der Waals surface area contributed by atoms with Crippen molar-refractivity contribution >= 4 is 43.6 Å². The van der Waals surface area contributed by atoms with Crippen LogP contribution in [-0.4, -0.2) is 34.1 Å². The van der Waals surface area contributed by atoms with Crippen molar-refractivity contribution in [3.05, 3.63) is 165 Å². The van der Waals surface area contributed by atoms with E-state index < -0.39 is 0 Å². The van der Waals surface area contributed by atoms with Crippen LogP contribution in [0, 0.1) is 0 Å². The molecule has 9 heteroatoms. The largest absolute Gasteiger partial charge is 0.457 e. The Hall–Kier alpha value is -7.39. The van der Waals surface area contributed by atoms with E-state index in [2.05, 4.69) is 58.3 Å². The zero-order chi connectivity index (χ0) is 36.2. The van der Waals surface area contributed by atoms with Gasteiger partial charge < -0.3 is 9.47 Å². The Labute approximate surface area is 299 Å². The van der Waals surface area contributed by atoms with Crippen LogP contribution in [-0.2, 0) is 0 Å². The Bertz CT molecular complexity index is 2870. The van der Waals surface area contributed by atoms with Gasteiger partial charge in [-0.05, 0) is 72.8 Å². The third-order valence-electron chi connectivity index (χ3n) is 9.03. The molecule has 0 saturated heterocycles. The lowest BCUT2D eigenvalue weighted by molar-refractivity contribution is 0.461. The van der Waals surface area contributed by atoms with Gasteiger partial charge >= 0.3 is 0 Å². The van der Waals surface area contributed by atoms with Crippen molar-refractivity contribution in [1.29, 1.82) is 0 Å². The van der Waals surface area contributed by atoms with Gasteiger partial charge in [0, 0.05) is 57.7 Å². The number of hydrogen-bond acceptors (Lipinski definition) is 7. The topological polar surface area (TPSA) is 92.8 Å². The number of ether oxygens (including phenoxy) is 2. The number of fused-ring (bicyclic) bond motifs is 6. The lowest BCUT2D eigenvalue weighted by Gasteiger charge is -2.13. The van der Waals surface area contributed by atoms with E-state index in [0.717, 1.165) is 43.6 Å². The first kappa shape index (κ1) is 27.4. The Balaban J connectivity index is 1.07. The van der Waals surface area contributed by atoms with Crippen LogP contribution in [0.1, 0.15) is 2.74 Å². The molecule has 0 aliphatic rings. The SMILES string of the molecule is [2H]c1ccnc(-n2c3ccccc3c3ccc(Oc4cc(Oc5ccc6c7ccccc7n(-c7cc([2H])ccn7)c6c5)cc(-c5ncncn5)c4)cc32)c1. The number of hydrogen-bond donors (Lipinski definition) is 0. The van der Waals surface area contributed by atoms with Crippen LogP contribution in [0.4, 0.5) is 0 Å². The molecule has 0 radical (unpaired) electrons. The van der Waals surface area contributed by atoms with Crippen molar-refractivity contribution in [2.75, 3.05) is 0 Å². The van der Waals surface area contributed by atoms with Crippen molar-refractivity contribution in [3.8, 4) is 46.0 Å². The molecule has 0 unspecified atom stereocenters. The summed E-state index contributed by atoms with van der Waals surface area (Å²) in [5, 5.41) is 4.22. The highest BCUT2D eigenvalue weighted by molar-refractivity contribution is 6.10. The summed E-state index contributed by atoms with van der Waals surface area (Å²) in [7, 11) is 0. The van der Waals surface area contributed by atoms with E-state index in [1.54, 1.807) is 36.7 Å². The molecule has 0 fully saturated rings. The van der Waals surface area contributed by atoms with Crippen LogP contribution in [0.25, 0.3) is 66.6 Å². The average Bonchev–Trinajstić information content (AvgIpc) is 3.70. The zero-order valence-corrected chi connectivity index (χ0v) is 27.4. The van der Waals surface area contributed by atoms with Crippen molar-refractivity contribution in [2.45, 2.75) is 0 Å². The smallest absolute Gasteiger partial charge is 0.162 e. The summed E-state index contributed by atoms with van der Waals surface area (Å²) in [6.45, 7) is 0. The number of nitrogens with zero attached hydrogens (tertiary/aromatic N) is 7. The molecule has 10 aromatic rings. The third kappa shape index (κ3) is 5.07. The second-order valence-electron chi connectivity index (χ2n) is 12.2. The van der Waals surface area contributed by atoms with Crippen molar-refractivity contribution in [2.24, 2.45) is 0 Å². The minimum atomic E-state index is 0.375. The first-order chi connectivity index (χ1) is 26.6. The van der Waals surface area contributed by atoms with E-state index in [4.69, 9.17) is 12.2 Å². The first-order valence-corrected chi connectivity index (χ1v) is 16.6. The highest BCUT2D eigenvalue weighted by atomic mass is 16.5. The standard InChI is InChI=1S/C43H27N7O2/c1-3-11-37-33(9-1)35-17-15-29(24-39(35)49(37)41-13-5-7-19-45-41)51-31-21-28(43-47-26-44-27-48-43)22-32(23-31)52-30-16-18-36-34-10-2-4-12-38(34)50(40(36)25-30)42-14-6-8-20-46-42/h1-27H/i5D,6D. The van der Waals surface area contributed by atoms with Crippen LogP contribution in [0.15, 0.2) is 165 Å². The van der Waals surface area contributed by atoms with Crippen molar-refractivity contribution < 1.29 is 12.2 Å². The molecule has 0 atom stereocenters. The van der Waals surface area contributed by atoms with Gasteiger partial charge in [0.1, 0.15) is 47.3 Å². The van der Waals surface area contributed by atoms with Gasteiger partial charge in [-0.3, -0.25) is 9.13 Å². The first-order valence-electron chi connectivity index (χ1n) is 17.6. The summed E-state index contributed by atoms with van der Waals surface area (Å²) in [4.78, 5) is 22.0. The van der Waals surface area contributed by atoms with Gasteiger partial charge in [-0.2, -0.15) is 0 Å². The molecular weight excluding hydrogens is 647 g/mol. The Morgan fingerprint density at radius 3 is 1.46 bits per heavy atom. The number of aromatic nitrogens is 7. The molecule has 52 heavy (non-hydrogen) atoms. The van der Waals surface area contributed by atoms with Gasteiger partial charge in [-0.15, -0.1) is 0 Å². The Kier molecular flexibility index (Phi) is 6.43. The van der Waals surface area contributed by atoms with E-state index in [0.29, 0.717) is 58.1 Å². The number of para-hydroxylation sites is 2. The molecule has 10 rings (SSSR count). The normalized spacial score (nSPS) is 12.0. The van der Waals surface area contributed by atoms with Gasteiger partial charge in [-0.1, -0.05) is 48.5 Å². The van der Waals surface area contributed by atoms with Crippen LogP contribution in [0.2, 0.25) is 0 Å².